The predicted molar refractivity (Wildman–Crippen MR) is 107 cm³/mol. The minimum Gasteiger partial charge on any atom is -0.461 e. The second-order valence-corrected chi connectivity index (χ2v) is 8.41. The minimum atomic E-state index is 0.327. The number of furan rings is 1. The van der Waals surface area contributed by atoms with Crippen LogP contribution < -0.4 is 0 Å². The Morgan fingerprint density at radius 2 is 2.15 bits per heavy atom. The summed E-state index contributed by atoms with van der Waals surface area (Å²) in [5.74, 6) is 1.44. The Balaban J connectivity index is 1.53. The average molecular weight is 383 g/mol. The average Bonchev–Trinajstić information content (AvgIpc) is 3.35. The molecule has 1 unspecified atom stereocenters. The number of hydrogen-bond acceptors (Lipinski definition) is 6. The van der Waals surface area contributed by atoms with E-state index in [2.05, 4.69) is 41.9 Å². The normalized spacial score (nSPS) is 12.5. The molecule has 0 saturated carbocycles. The molecule has 0 radical (unpaired) electrons. The zero-order valence-corrected chi connectivity index (χ0v) is 16.0. The summed E-state index contributed by atoms with van der Waals surface area (Å²) >= 11 is 3.45. The highest BCUT2D eigenvalue weighted by Crippen LogP contribution is 2.30. The van der Waals surface area contributed by atoms with Crippen LogP contribution in [0.15, 0.2) is 64.9 Å². The number of benzene rings is 1. The van der Waals surface area contributed by atoms with Crippen LogP contribution in [0.1, 0.15) is 11.9 Å². The lowest BCUT2D eigenvalue weighted by atomic mass is 10.3. The first kappa shape index (κ1) is 17.1. The van der Waals surface area contributed by atoms with E-state index in [1.54, 1.807) is 29.4 Å². The van der Waals surface area contributed by atoms with Gasteiger partial charge in [-0.3, -0.25) is 4.57 Å². The standard InChI is InChI=1S/C19H18N4OS2/c1-3-10-23-18(15-8-6-11-24-15)21-22-19(23)25-13(2)12-17-20-14-7-4-5-9-16(14)26-17/h3-9,11,13H,1,10,12H2,2H3. The van der Waals surface area contributed by atoms with Gasteiger partial charge in [0.05, 0.1) is 21.5 Å². The van der Waals surface area contributed by atoms with Crippen molar-refractivity contribution in [1.29, 1.82) is 0 Å². The third-order valence-corrected chi connectivity index (χ3v) is 6.02. The van der Waals surface area contributed by atoms with Crippen molar-refractivity contribution in [2.75, 3.05) is 0 Å². The van der Waals surface area contributed by atoms with Crippen LogP contribution in [-0.4, -0.2) is 25.0 Å². The fourth-order valence-corrected chi connectivity index (χ4v) is 4.91. The molecule has 0 aliphatic carbocycles. The Bertz CT molecular complexity index is 986. The van der Waals surface area contributed by atoms with Gasteiger partial charge in [0, 0.05) is 18.2 Å². The Morgan fingerprint density at radius 3 is 2.92 bits per heavy atom. The number of allylic oxidation sites excluding steroid dienone is 1. The highest BCUT2D eigenvalue weighted by atomic mass is 32.2. The first-order valence-corrected chi connectivity index (χ1v) is 10.0. The van der Waals surface area contributed by atoms with Crippen LogP contribution in [0.3, 0.4) is 0 Å². The molecule has 3 aromatic heterocycles. The summed E-state index contributed by atoms with van der Waals surface area (Å²) < 4.78 is 8.74. The van der Waals surface area contributed by atoms with Crippen LogP contribution in [0, 0.1) is 0 Å². The largest absolute Gasteiger partial charge is 0.461 e. The number of nitrogens with zero attached hydrogens (tertiary/aromatic N) is 4. The second-order valence-electron chi connectivity index (χ2n) is 5.89. The Hall–Kier alpha value is -2.38. The molecule has 0 aliphatic heterocycles. The molecule has 0 spiro atoms. The molecule has 0 aliphatic rings. The molecule has 7 heteroatoms. The maximum Gasteiger partial charge on any atom is 0.200 e. The summed E-state index contributed by atoms with van der Waals surface area (Å²) in [5.41, 5.74) is 1.07. The molecule has 1 atom stereocenters. The molecule has 26 heavy (non-hydrogen) atoms. The quantitative estimate of drug-likeness (QED) is 0.330. The smallest absolute Gasteiger partial charge is 0.200 e. The number of aromatic nitrogens is 4. The van der Waals surface area contributed by atoms with E-state index < -0.39 is 0 Å². The van der Waals surface area contributed by atoms with Gasteiger partial charge in [0.1, 0.15) is 0 Å². The molecule has 0 saturated heterocycles. The van der Waals surface area contributed by atoms with Crippen LogP contribution in [0.5, 0.6) is 0 Å². The van der Waals surface area contributed by atoms with Gasteiger partial charge in [-0.2, -0.15) is 0 Å². The SMILES string of the molecule is C=CCn1c(SC(C)Cc2nc3ccccc3s2)nnc1-c1ccco1. The molecular weight excluding hydrogens is 364 g/mol. The maximum atomic E-state index is 5.48. The lowest BCUT2D eigenvalue weighted by molar-refractivity contribution is 0.569. The van der Waals surface area contributed by atoms with Crippen molar-refractivity contribution in [2.24, 2.45) is 0 Å². The number of fused-ring (bicyclic) bond motifs is 1. The van der Waals surface area contributed by atoms with Gasteiger partial charge in [-0.25, -0.2) is 4.98 Å². The van der Waals surface area contributed by atoms with Crippen molar-refractivity contribution in [1.82, 2.24) is 19.7 Å². The lowest BCUT2D eigenvalue weighted by Crippen LogP contribution is -2.06. The van der Waals surface area contributed by atoms with Crippen LogP contribution in [0.4, 0.5) is 0 Å². The van der Waals surface area contributed by atoms with Gasteiger partial charge in [-0.05, 0) is 24.3 Å². The van der Waals surface area contributed by atoms with E-state index in [9.17, 15) is 0 Å². The molecule has 0 N–H and O–H groups in total. The van der Waals surface area contributed by atoms with Gasteiger partial charge in [0.25, 0.3) is 0 Å². The summed E-state index contributed by atoms with van der Waals surface area (Å²) in [4.78, 5) is 4.73. The molecule has 132 valence electrons. The van der Waals surface area contributed by atoms with E-state index >= 15 is 0 Å². The van der Waals surface area contributed by atoms with Crippen molar-refractivity contribution in [3.63, 3.8) is 0 Å². The van der Waals surface area contributed by atoms with Gasteiger partial charge in [0.2, 0.25) is 5.82 Å². The summed E-state index contributed by atoms with van der Waals surface area (Å²) in [5, 5.41) is 11.0. The minimum absolute atomic E-state index is 0.327. The zero-order chi connectivity index (χ0) is 17.9. The summed E-state index contributed by atoms with van der Waals surface area (Å²) in [6, 6.07) is 12.0. The maximum absolute atomic E-state index is 5.48. The van der Waals surface area contributed by atoms with E-state index in [1.807, 2.05) is 28.8 Å². The number of para-hydroxylation sites is 1. The predicted octanol–water partition coefficient (Wildman–Crippen LogP) is 5.06. The van der Waals surface area contributed by atoms with Crippen LogP contribution in [0.2, 0.25) is 0 Å². The van der Waals surface area contributed by atoms with E-state index in [0.717, 1.165) is 27.9 Å². The van der Waals surface area contributed by atoms with Crippen molar-refractivity contribution >= 4 is 33.3 Å². The van der Waals surface area contributed by atoms with Gasteiger partial charge in [-0.1, -0.05) is 36.9 Å². The molecule has 0 bridgehead atoms. The van der Waals surface area contributed by atoms with Crippen LogP contribution >= 0.6 is 23.1 Å². The number of thioether (sulfide) groups is 1. The number of hydrogen-bond donors (Lipinski definition) is 0. The monoisotopic (exact) mass is 382 g/mol. The molecule has 0 amide bonds. The number of rotatable bonds is 7. The lowest BCUT2D eigenvalue weighted by Gasteiger charge is -2.10. The first-order valence-electron chi connectivity index (χ1n) is 8.33. The van der Waals surface area contributed by atoms with Crippen LogP contribution in [-0.2, 0) is 13.0 Å². The van der Waals surface area contributed by atoms with Gasteiger partial charge in [0.15, 0.2) is 10.9 Å². The summed E-state index contributed by atoms with van der Waals surface area (Å²) in [6.07, 6.45) is 4.38. The highest BCUT2D eigenvalue weighted by molar-refractivity contribution is 7.99. The third kappa shape index (κ3) is 3.45. The highest BCUT2D eigenvalue weighted by Gasteiger charge is 2.18. The van der Waals surface area contributed by atoms with Gasteiger partial charge < -0.3 is 4.42 Å². The Kier molecular flexibility index (Phi) is 4.90. The van der Waals surface area contributed by atoms with E-state index in [-0.39, 0.29) is 0 Å². The molecule has 1 aromatic carbocycles. The summed E-state index contributed by atoms with van der Waals surface area (Å²) in [7, 11) is 0. The Labute approximate surface area is 159 Å². The fraction of sp³-hybridized carbons (Fsp3) is 0.211. The van der Waals surface area contributed by atoms with E-state index in [4.69, 9.17) is 9.40 Å². The third-order valence-electron chi connectivity index (χ3n) is 3.88. The van der Waals surface area contributed by atoms with Crippen molar-refractivity contribution in [2.45, 2.75) is 30.3 Å². The molecule has 5 nitrogen and oxygen atoms in total. The van der Waals surface area contributed by atoms with Gasteiger partial charge >= 0.3 is 0 Å². The van der Waals surface area contributed by atoms with Crippen molar-refractivity contribution < 1.29 is 4.42 Å². The zero-order valence-electron chi connectivity index (χ0n) is 14.3. The molecular formula is C19H18N4OS2. The molecule has 3 heterocycles. The summed E-state index contributed by atoms with van der Waals surface area (Å²) in [6.45, 7) is 6.67. The van der Waals surface area contributed by atoms with Crippen molar-refractivity contribution in [3.05, 3.63) is 60.3 Å². The van der Waals surface area contributed by atoms with E-state index in [0.29, 0.717) is 17.6 Å². The van der Waals surface area contributed by atoms with Crippen molar-refractivity contribution in [3.8, 4) is 11.6 Å². The topological polar surface area (TPSA) is 56.7 Å². The number of thiazole rings is 1. The fourth-order valence-electron chi connectivity index (χ4n) is 2.73. The van der Waals surface area contributed by atoms with Gasteiger partial charge in [-0.15, -0.1) is 28.1 Å². The van der Waals surface area contributed by atoms with E-state index in [1.165, 1.54) is 4.70 Å². The molecule has 4 aromatic rings. The van der Waals surface area contributed by atoms with Crippen LogP contribution in [0.25, 0.3) is 21.8 Å². The molecule has 4 rings (SSSR count). The molecule has 0 fully saturated rings. The first-order chi connectivity index (χ1) is 12.7. The second kappa shape index (κ2) is 7.47. The Morgan fingerprint density at radius 1 is 1.27 bits per heavy atom.